The Bertz CT molecular complexity index is 870. The lowest BCUT2D eigenvalue weighted by atomic mass is 10.1. The second kappa shape index (κ2) is 6.23. The Balaban J connectivity index is 1.85. The van der Waals surface area contributed by atoms with Gasteiger partial charge in [0.15, 0.2) is 0 Å². The van der Waals surface area contributed by atoms with Gasteiger partial charge in [0, 0.05) is 36.3 Å². The highest BCUT2D eigenvalue weighted by Gasteiger charge is 2.06. The maximum Gasteiger partial charge on any atom is 0.269 e. The Morgan fingerprint density at radius 1 is 1.13 bits per heavy atom. The van der Waals surface area contributed by atoms with Gasteiger partial charge in [-0.3, -0.25) is 20.1 Å². The summed E-state index contributed by atoms with van der Waals surface area (Å²) in [7, 11) is 1.79. The van der Waals surface area contributed by atoms with Gasteiger partial charge in [-0.2, -0.15) is 5.10 Å². The molecule has 0 spiro atoms. The number of nitro benzene ring substituents is 1. The molecule has 114 valence electrons. The highest BCUT2D eigenvalue weighted by Crippen LogP contribution is 2.19. The van der Waals surface area contributed by atoms with E-state index >= 15 is 0 Å². The van der Waals surface area contributed by atoms with E-state index in [1.807, 2.05) is 30.3 Å². The topological polar surface area (TPSA) is 71.6 Å². The highest BCUT2D eigenvalue weighted by molar-refractivity contribution is 5.98. The quantitative estimate of drug-likeness (QED) is 0.419. The van der Waals surface area contributed by atoms with Crippen LogP contribution in [0.3, 0.4) is 0 Å². The third kappa shape index (κ3) is 3.16. The summed E-state index contributed by atoms with van der Waals surface area (Å²) in [6, 6.07) is 16.0. The molecule has 0 saturated carbocycles. The van der Waals surface area contributed by atoms with Gasteiger partial charge in [-0.1, -0.05) is 18.2 Å². The number of hydrazone groups is 1. The summed E-state index contributed by atoms with van der Waals surface area (Å²) in [5, 5.41) is 17.8. The summed E-state index contributed by atoms with van der Waals surface area (Å²) >= 11 is 0. The van der Waals surface area contributed by atoms with Crippen molar-refractivity contribution in [1.82, 2.24) is 4.98 Å². The van der Waals surface area contributed by atoms with Crippen molar-refractivity contribution >= 4 is 28.5 Å². The summed E-state index contributed by atoms with van der Waals surface area (Å²) in [5.41, 5.74) is 2.70. The molecule has 6 nitrogen and oxygen atoms in total. The Kier molecular flexibility index (Phi) is 3.97. The van der Waals surface area contributed by atoms with Gasteiger partial charge in [0.25, 0.3) is 5.69 Å². The summed E-state index contributed by atoms with van der Waals surface area (Å²) in [6.45, 7) is 0. The van der Waals surface area contributed by atoms with Gasteiger partial charge in [0.05, 0.1) is 22.3 Å². The molecule has 0 atom stereocenters. The van der Waals surface area contributed by atoms with Crippen LogP contribution in [0.15, 0.2) is 65.9 Å². The first-order valence-corrected chi connectivity index (χ1v) is 7.01. The maximum absolute atomic E-state index is 10.7. The molecule has 3 rings (SSSR count). The van der Waals surface area contributed by atoms with Crippen molar-refractivity contribution in [3.8, 4) is 0 Å². The SMILES string of the molecule is CN(/N=C/c1ccnc2ccccc12)c1ccc([N+](=O)[O-])cc1. The van der Waals surface area contributed by atoms with E-state index in [1.54, 1.807) is 36.6 Å². The van der Waals surface area contributed by atoms with Crippen molar-refractivity contribution in [2.75, 3.05) is 12.1 Å². The van der Waals surface area contributed by atoms with Crippen LogP contribution < -0.4 is 5.01 Å². The van der Waals surface area contributed by atoms with Gasteiger partial charge in [-0.25, -0.2) is 0 Å². The van der Waals surface area contributed by atoms with E-state index in [1.165, 1.54) is 12.1 Å². The van der Waals surface area contributed by atoms with Crippen LogP contribution in [0.4, 0.5) is 11.4 Å². The van der Waals surface area contributed by atoms with Crippen molar-refractivity contribution in [1.29, 1.82) is 0 Å². The minimum Gasteiger partial charge on any atom is -0.269 e. The second-order valence-corrected chi connectivity index (χ2v) is 4.96. The van der Waals surface area contributed by atoms with Gasteiger partial charge in [-0.15, -0.1) is 0 Å². The molecule has 0 unspecified atom stereocenters. The van der Waals surface area contributed by atoms with Crippen LogP contribution in [-0.2, 0) is 0 Å². The monoisotopic (exact) mass is 306 g/mol. The largest absolute Gasteiger partial charge is 0.269 e. The Morgan fingerprint density at radius 2 is 1.87 bits per heavy atom. The molecule has 0 radical (unpaired) electrons. The number of anilines is 1. The second-order valence-electron chi connectivity index (χ2n) is 4.96. The lowest BCUT2D eigenvalue weighted by molar-refractivity contribution is -0.384. The van der Waals surface area contributed by atoms with Gasteiger partial charge >= 0.3 is 0 Å². The van der Waals surface area contributed by atoms with Crippen LogP contribution in [0, 0.1) is 10.1 Å². The summed E-state index contributed by atoms with van der Waals surface area (Å²) in [4.78, 5) is 14.6. The number of aromatic nitrogens is 1. The zero-order valence-corrected chi connectivity index (χ0v) is 12.5. The van der Waals surface area contributed by atoms with Crippen LogP contribution in [-0.4, -0.2) is 23.2 Å². The fraction of sp³-hybridized carbons (Fsp3) is 0.0588. The van der Waals surface area contributed by atoms with E-state index in [0.29, 0.717) is 0 Å². The zero-order valence-electron chi connectivity index (χ0n) is 12.5. The molecular formula is C17H14N4O2. The number of para-hydroxylation sites is 1. The molecule has 0 fully saturated rings. The van der Waals surface area contributed by atoms with E-state index in [9.17, 15) is 10.1 Å². The van der Waals surface area contributed by atoms with Gasteiger partial charge in [-0.05, 0) is 24.3 Å². The minimum atomic E-state index is -0.420. The number of non-ortho nitro benzene ring substituents is 1. The van der Waals surface area contributed by atoms with Crippen molar-refractivity contribution in [3.63, 3.8) is 0 Å². The fourth-order valence-electron chi connectivity index (χ4n) is 2.24. The summed E-state index contributed by atoms with van der Waals surface area (Å²) < 4.78 is 0. The Hall–Kier alpha value is -3.28. The summed E-state index contributed by atoms with van der Waals surface area (Å²) in [5.74, 6) is 0. The predicted octanol–water partition coefficient (Wildman–Crippen LogP) is 3.61. The molecule has 23 heavy (non-hydrogen) atoms. The lowest BCUT2D eigenvalue weighted by Crippen LogP contribution is -2.08. The molecule has 2 aromatic carbocycles. The van der Waals surface area contributed by atoms with Crippen LogP contribution in [0.1, 0.15) is 5.56 Å². The first-order chi connectivity index (χ1) is 11.1. The molecule has 6 heteroatoms. The molecular weight excluding hydrogens is 292 g/mol. The van der Waals surface area contributed by atoms with E-state index in [0.717, 1.165) is 22.2 Å². The number of pyridine rings is 1. The van der Waals surface area contributed by atoms with Crippen LogP contribution in [0.25, 0.3) is 10.9 Å². The third-order valence-corrected chi connectivity index (χ3v) is 3.49. The normalized spacial score (nSPS) is 11.0. The smallest absolute Gasteiger partial charge is 0.269 e. The fourth-order valence-corrected chi connectivity index (χ4v) is 2.24. The van der Waals surface area contributed by atoms with E-state index in [-0.39, 0.29) is 5.69 Å². The number of nitro groups is 1. The molecule has 0 bridgehead atoms. The average Bonchev–Trinajstić information content (AvgIpc) is 2.59. The highest BCUT2D eigenvalue weighted by atomic mass is 16.6. The van der Waals surface area contributed by atoms with Crippen molar-refractivity contribution < 1.29 is 4.92 Å². The molecule has 0 amide bonds. The molecule has 0 aliphatic rings. The number of hydrogen-bond donors (Lipinski definition) is 0. The van der Waals surface area contributed by atoms with E-state index in [2.05, 4.69) is 10.1 Å². The van der Waals surface area contributed by atoms with Crippen molar-refractivity contribution in [2.45, 2.75) is 0 Å². The molecule has 0 aliphatic heterocycles. The van der Waals surface area contributed by atoms with Crippen molar-refractivity contribution in [3.05, 3.63) is 76.5 Å². The van der Waals surface area contributed by atoms with Crippen molar-refractivity contribution in [2.24, 2.45) is 5.10 Å². The Morgan fingerprint density at radius 3 is 2.61 bits per heavy atom. The first-order valence-electron chi connectivity index (χ1n) is 7.01. The van der Waals surface area contributed by atoms with Gasteiger partial charge in [0.2, 0.25) is 0 Å². The molecule has 1 aromatic heterocycles. The number of rotatable bonds is 4. The maximum atomic E-state index is 10.7. The average molecular weight is 306 g/mol. The predicted molar refractivity (Wildman–Crippen MR) is 90.8 cm³/mol. The van der Waals surface area contributed by atoms with Crippen LogP contribution >= 0.6 is 0 Å². The number of hydrogen-bond acceptors (Lipinski definition) is 5. The van der Waals surface area contributed by atoms with Gasteiger partial charge in [0.1, 0.15) is 0 Å². The standard InChI is InChI=1S/C17H14N4O2/c1-20(14-6-8-15(9-7-14)21(22)23)19-12-13-10-11-18-17-5-3-2-4-16(13)17/h2-12H,1H3/b19-12+. The number of fused-ring (bicyclic) bond motifs is 1. The van der Waals surface area contributed by atoms with Crippen LogP contribution in [0.5, 0.6) is 0 Å². The molecule has 1 heterocycles. The number of benzene rings is 2. The molecule has 0 saturated heterocycles. The molecule has 0 N–H and O–H groups in total. The first kappa shape index (κ1) is 14.6. The Labute approximate surface area is 132 Å². The number of nitrogens with zero attached hydrogens (tertiary/aromatic N) is 4. The van der Waals surface area contributed by atoms with Gasteiger partial charge < -0.3 is 0 Å². The lowest BCUT2D eigenvalue weighted by Gasteiger charge is -2.12. The third-order valence-electron chi connectivity index (χ3n) is 3.49. The zero-order chi connectivity index (χ0) is 16.2. The summed E-state index contributed by atoms with van der Waals surface area (Å²) in [6.07, 6.45) is 3.50. The van der Waals surface area contributed by atoms with E-state index < -0.39 is 4.92 Å². The van der Waals surface area contributed by atoms with E-state index in [4.69, 9.17) is 0 Å². The molecule has 0 aliphatic carbocycles. The molecule has 3 aromatic rings. The van der Waals surface area contributed by atoms with Crippen LogP contribution in [0.2, 0.25) is 0 Å². The minimum absolute atomic E-state index is 0.0613.